The molecule has 0 saturated heterocycles. The molecule has 4 heteroatoms. The first-order valence-corrected chi connectivity index (χ1v) is 10.7. The van der Waals surface area contributed by atoms with Gasteiger partial charge in [-0.2, -0.15) is 0 Å². The number of benzene rings is 2. The van der Waals surface area contributed by atoms with Gasteiger partial charge in [0.2, 0.25) is 0 Å². The van der Waals surface area contributed by atoms with Crippen LogP contribution in [-0.2, 0) is 5.75 Å². The van der Waals surface area contributed by atoms with Crippen molar-refractivity contribution in [1.82, 2.24) is 4.90 Å². The van der Waals surface area contributed by atoms with E-state index in [1.165, 1.54) is 26.8 Å². The molecule has 0 bridgehead atoms. The summed E-state index contributed by atoms with van der Waals surface area (Å²) >= 11 is 9.11. The number of nitrogens with zero attached hydrogens (tertiary/aromatic N) is 1. The molecule has 0 aliphatic carbocycles. The highest BCUT2D eigenvalue weighted by Gasteiger charge is 2.13. The first-order valence-electron chi connectivity index (χ1n) is 8.48. The van der Waals surface area contributed by atoms with Crippen LogP contribution in [0.4, 0.5) is 0 Å². The monoisotopic (exact) mass is 384 g/mol. The van der Waals surface area contributed by atoms with Gasteiger partial charge in [0.1, 0.15) is 4.32 Å². The van der Waals surface area contributed by atoms with E-state index >= 15 is 0 Å². The fourth-order valence-corrected chi connectivity index (χ4v) is 5.37. The molecule has 0 unspecified atom stereocenters. The molecule has 1 radical (unpaired) electrons. The molecule has 129 valence electrons. The molecule has 2 aromatic carbocycles. The Morgan fingerprint density at radius 1 is 1.08 bits per heavy atom. The molecule has 0 N–H and O–H groups in total. The summed E-state index contributed by atoms with van der Waals surface area (Å²) in [6.07, 6.45) is 0. The molecule has 1 heterocycles. The van der Waals surface area contributed by atoms with E-state index in [9.17, 15) is 0 Å². The molecule has 0 amide bonds. The van der Waals surface area contributed by atoms with Crippen LogP contribution in [0, 0.1) is 6.92 Å². The van der Waals surface area contributed by atoms with Gasteiger partial charge in [-0.05, 0) is 54.8 Å². The van der Waals surface area contributed by atoms with E-state index in [1.807, 2.05) is 0 Å². The molecule has 1 nitrogen and oxygen atoms in total. The minimum atomic E-state index is 0.900. The van der Waals surface area contributed by atoms with E-state index in [0.29, 0.717) is 0 Å². The van der Waals surface area contributed by atoms with Crippen LogP contribution < -0.4 is 0 Å². The molecule has 0 aliphatic rings. The molecular weight excluding hydrogens is 362 g/mol. The van der Waals surface area contributed by atoms with Crippen LogP contribution in [0.15, 0.2) is 48.5 Å². The lowest BCUT2D eigenvalue weighted by Gasteiger charge is -2.20. The predicted molar refractivity (Wildman–Crippen MR) is 119 cm³/mol. The van der Waals surface area contributed by atoms with Crippen LogP contribution in [-0.4, -0.2) is 22.3 Å². The van der Waals surface area contributed by atoms with Gasteiger partial charge in [-0.3, -0.25) is 0 Å². The summed E-state index contributed by atoms with van der Waals surface area (Å²) in [6.45, 7) is 10.4. The van der Waals surface area contributed by atoms with Gasteiger partial charge in [0, 0.05) is 28.6 Å². The lowest BCUT2D eigenvalue weighted by molar-refractivity contribution is 0.482. The molecule has 25 heavy (non-hydrogen) atoms. The molecule has 0 atom stereocenters. The molecule has 0 spiro atoms. The van der Waals surface area contributed by atoms with Crippen molar-refractivity contribution in [3.63, 3.8) is 0 Å². The van der Waals surface area contributed by atoms with Gasteiger partial charge < -0.3 is 4.90 Å². The predicted octanol–water partition coefficient (Wildman–Crippen LogP) is 6.61. The van der Waals surface area contributed by atoms with Crippen LogP contribution in [0.3, 0.4) is 0 Å². The third-order valence-corrected chi connectivity index (χ3v) is 6.99. The molecule has 0 fully saturated rings. The Morgan fingerprint density at radius 2 is 1.80 bits per heavy atom. The quantitative estimate of drug-likeness (QED) is 0.456. The standard InChI is InChI=1S/C21H22NS3/c1-4-22(5-2)21(23)24-14-20-19(12-15(3)25-20)18-11-10-16-8-6-7-9-17(16)13-18/h6-13H,3-5,14H2,1-2H3. The van der Waals surface area contributed by atoms with Crippen molar-refractivity contribution in [1.29, 1.82) is 0 Å². The van der Waals surface area contributed by atoms with E-state index in [4.69, 9.17) is 12.2 Å². The largest absolute Gasteiger partial charge is 0.358 e. The van der Waals surface area contributed by atoms with E-state index in [2.05, 4.69) is 74.2 Å². The number of thiophene rings is 1. The van der Waals surface area contributed by atoms with Crippen molar-refractivity contribution >= 4 is 50.4 Å². The zero-order valence-corrected chi connectivity index (χ0v) is 17.1. The highest BCUT2D eigenvalue weighted by atomic mass is 32.2. The summed E-state index contributed by atoms with van der Waals surface area (Å²) in [5, 5.41) is 2.55. The number of fused-ring (bicyclic) bond motifs is 1. The first-order chi connectivity index (χ1) is 12.1. The number of rotatable bonds is 5. The fraction of sp³-hybridized carbons (Fsp3) is 0.238. The maximum atomic E-state index is 5.58. The van der Waals surface area contributed by atoms with Crippen molar-refractivity contribution in [2.75, 3.05) is 13.1 Å². The molecule has 1 aromatic heterocycles. The van der Waals surface area contributed by atoms with Gasteiger partial charge in [0.25, 0.3) is 0 Å². The lowest BCUT2D eigenvalue weighted by atomic mass is 10.0. The SMILES string of the molecule is [CH2]c1cc(-c2ccc3ccccc3c2)c(CSC(=S)N(CC)CC)s1. The molecule has 0 saturated carbocycles. The highest BCUT2D eigenvalue weighted by molar-refractivity contribution is 8.22. The normalized spacial score (nSPS) is 11.0. The van der Waals surface area contributed by atoms with Crippen molar-refractivity contribution in [2.45, 2.75) is 19.6 Å². The van der Waals surface area contributed by atoms with Crippen LogP contribution in [0.25, 0.3) is 21.9 Å². The Labute approximate surface area is 164 Å². The fourth-order valence-electron chi connectivity index (χ4n) is 2.89. The Hall–Kier alpha value is -1.36. The van der Waals surface area contributed by atoms with Crippen molar-refractivity contribution < 1.29 is 0 Å². The van der Waals surface area contributed by atoms with Gasteiger partial charge in [0.05, 0.1) is 0 Å². The third-order valence-electron chi connectivity index (χ3n) is 4.27. The van der Waals surface area contributed by atoms with Crippen LogP contribution in [0.2, 0.25) is 0 Å². The minimum absolute atomic E-state index is 0.900. The average molecular weight is 385 g/mol. The van der Waals surface area contributed by atoms with Crippen LogP contribution in [0.1, 0.15) is 23.6 Å². The topological polar surface area (TPSA) is 3.24 Å². The zero-order valence-electron chi connectivity index (χ0n) is 14.6. The van der Waals surface area contributed by atoms with Crippen molar-refractivity contribution in [3.8, 4) is 11.1 Å². The minimum Gasteiger partial charge on any atom is -0.358 e. The highest BCUT2D eigenvalue weighted by Crippen LogP contribution is 2.35. The van der Waals surface area contributed by atoms with E-state index in [1.54, 1.807) is 23.1 Å². The smallest absolute Gasteiger partial charge is 0.136 e. The summed E-state index contributed by atoms with van der Waals surface area (Å²) in [5.74, 6) is 0.900. The van der Waals surface area contributed by atoms with Crippen molar-refractivity contribution in [2.24, 2.45) is 0 Å². The van der Waals surface area contributed by atoms with Crippen LogP contribution >= 0.6 is 35.3 Å². The second-order valence-electron chi connectivity index (χ2n) is 5.84. The second kappa shape index (κ2) is 8.35. The molecule has 3 rings (SSSR count). The first kappa shape index (κ1) is 18.4. The second-order valence-corrected chi connectivity index (χ2v) is 8.67. The summed E-state index contributed by atoms with van der Waals surface area (Å²) < 4.78 is 0.980. The number of thioether (sulfide) groups is 1. The molecule has 0 aliphatic heterocycles. The Bertz CT molecular complexity index is 878. The Morgan fingerprint density at radius 3 is 2.52 bits per heavy atom. The summed E-state index contributed by atoms with van der Waals surface area (Å²) in [5.41, 5.74) is 2.55. The number of hydrogen-bond donors (Lipinski definition) is 0. The summed E-state index contributed by atoms with van der Waals surface area (Å²) in [6, 6.07) is 17.4. The summed E-state index contributed by atoms with van der Waals surface area (Å²) in [7, 11) is 0. The van der Waals surface area contributed by atoms with E-state index in [-0.39, 0.29) is 0 Å². The van der Waals surface area contributed by atoms with Gasteiger partial charge in [-0.25, -0.2) is 0 Å². The maximum Gasteiger partial charge on any atom is 0.136 e. The van der Waals surface area contributed by atoms with Gasteiger partial charge in [-0.15, -0.1) is 11.3 Å². The van der Waals surface area contributed by atoms with Gasteiger partial charge in [-0.1, -0.05) is 60.4 Å². The van der Waals surface area contributed by atoms with E-state index in [0.717, 1.165) is 28.0 Å². The molecule has 3 aromatic rings. The number of thiocarbonyl (C=S) groups is 1. The van der Waals surface area contributed by atoms with E-state index < -0.39 is 0 Å². The number of hydrogen-bond acceptors (Lipinski definition) is 3. The molecular formula is C21H22NS3. The summed E-state index contributed by atoms with van der Waals surface area (Å²) in [4.78, 5) is 4.68. The van der Waals surface area contributed by atoms with Gasteiger partial charge >= 0.3 is 0 Å². The lowest BCUT2D eigenvalue weighted by Crippen LogP contribution is -2.26. The Kier molecular flexibility index (Phi) is 6.15. The maximum absolute atomic E-state index is 5.58. The van der Waals surface area contributed by atoms with Gasteiger partial charge in [0.15, 0.2) is 0 Å². The van der Waals surface area contributed by atoms with Crippen LogP contribution in [0.5, 0.6) is 0 Å². The Balaban J connectivity index is 1.86. The average Bonchev–Trinajstić information content (AvgIpc) is 3.01. The zero-order chi connectivity index (χ0) is 17.8. The van der Waals surface area contributed by atoms with Crippen molar-refractivity contribution in [3.05, 3.63) is 65.2 Å². The third kappa shape index (κ3) is 4.25.